The van der Waals surface area contributed by atoms with Gasteiger partial charge in [0.25, 0.3) is 0 Å². The molecule has 0 spiro atoms. The molecule has 0 radical (unpaired) electrons. The van der Waals surface area contributed by atoms with Gasteiger partial charge in [-0.15, -0.1) is 5.10 Å². The normalized spacial score (nSPS) is 14.2. The smallest absolute Gasteiger partial charge is 0.244 e. The number of aromatic nitrogens is 4. The second kappa shape index (κ2) is 4.68. The molecule has 0 fully saturated rings. The van der Waals surface area contributed by atoms with Gasteiger partial charge in [-0.1, -0.05) is 6.07 Å². The lowest BCUT2D eigenvalue weighted by Gasteiger charge is -2.28. The van der Waals surface area contributed by atoms with Gasteiger partial charge in [-0.05, 0) is 40.1 Å². The molecule has 2 heterocycles. The first-order valence-electron chi connectivity index (χ1n) is 6.02. The summed E-state index contributed by atoms with van der Waals surface area (Å²) >= 11 is 0. The van der Waals surface area contributed by atoms with Gasteiger partial charge in [0.15, 0.2) is 0 Å². The number of tetrazole rings is 1. The maximum atomic E-state index is 12.1. The third-order valence-corrected chi connectivity index (χ3v) is 3.24. The number of carbonyl (C=O) groups is 1. The van der Waals surface area contributed by atoms with Crippen molar-refractivity contribution in [2.45, 2.75) is 19.5 Å². The second-order valence-electron chi connectivity index (χ2n) is 4.53. The van der Waals surface area contributed by atoms with Crippen molar-refractivity contribution in [2.75, 3.05) is 6.54 Å². The molecule has 0 unspecified atom stereocenters. The number of hydrogen-bond donors (Lipinski definition) is 1. The molecule has 1 aliphatic rings. The minimum Gasteiger partial charge on any atom is -0.508 e. The predicted octanol–water partition coefficient (Wildman–Crippen LogP) is -0.0364. The third kappa shape index (κ3) is 2.40. The van der Waals surface area contributed by atoms with Crippen LogP contribution in [-0.2, 0) is 24.3 Å². The first-order valence-corrected chi connectivity index (χ1v) is 6.02. The first kappa shape index (κ1) is 11.6. The Morgan fingerprint density at radius 3 is 3.05 bits per heavy atom. The quantitative estimate of drug-likeness (QED) is 0.818. The summed E-state index contributed by atoms with van der Waals surface area (Å²) in [7, 11) is 0. The number of nitrogens with zero attached hydrogens (tertiary/aromatic N) is 5. The van der Waals surface area contributed by atoms with Crippen molar-refractivity contribution in [1.82, 2.24) is 25.1 Å². The van der Waals surface area contributed by atoms with Gasteiger partial charge in [-0.2, -0.15) is 0 Å². The molecule has 1 amide bonds. The Bertz CT molecular complexity index is 596. The van der Waals surface area contributed by atoms with Gasteiger partial charge in [0.05, 0.1) is 0 Å². The van der Waals surface area contributed by atoms with E-state index in [1.165, 1.54) is 16.6 Å². The van der Waals surface area contributed by atoms with Gasteiger partial charge in [-0.3, -0.25) is 4.79 Å². The Kier molecular flexibility index (Phi) is 2.86. The Balaban J connectivity index is 1.72. The number of carbonyl (C=O) groups excluding carboxylic acids is 1. The van der Waals surface area contributed by atoms with Crippen LogP contribution in [0.3, 0.4) is 0 Å². The number of hydrogen-bond acceptors (Lipinski definition) is 5. The van der Waals surface area contributed by atoms with Crippen LogP contribution in [0.1, 0.15) is 11.1 Å². The van der Waals surface area contributed by atoms with E-state index in [9.17, 15) is 9.90 Å². The zero-order chi connectivity index (χ0) is 13.2. The van der Waals surface area contributed by atoms with Crippen LogP contribution in [0.15, 0.2) is 24.5 Å². The summed E-state index contributed by atoms with van der Waals surface area (Å²) in [6.07, 6.45) is 2.22. The average Bonchev–Trinajstić information content (AvgIpc) is 2.90. The average molecular weight is 259 g/mol. The van der Waals surface area contributed by atoms with Gasteiger partial charge in [0.1, 0.15) is 18.6 Å². The van der Waals surface area contributed by atoms with Crippen molar-refractivity contribution >= 4 is 5.91 Å². The number of amides is 1. The van der Waals surface area contributed by atoms with E-state index >= 15 is 0 Å². The number of benzene rings is 1. The monoisotopic (exact) mass is 259 g/mol. The molecule has 0 saturated carbocycles. The van der Waals surface area contributed by atoms with E-state index < -0.39 is 0 Å². The van der Waals surface area contributed by atoms with E-state index in [0.717, 1.165) is 12.0 Å². The van der Waals surface area contributed by atoms with Crippen molar-refractivity contribution in [3.8, 4) is 5.75 Å². The Hall–Kier alpha value is -2.44. The van der Waals surface area contributed by atoms with Gasteiger partial charge >= 0.3 is 0 Å². The molecule has 1 N–H and O–H groups in total. The highest BCUT2D eigenvalue weighted by Crippen LogP contribution is 2.23. The predicted molar refractivity (Wildman–Crippen MR) is 65.0 cm³/mol. The molecular formula is C12H13N5O2. The molecule has 1 aromatic heterocycles. The highest BCUT2D eigenvalue weighted by atomic mass is 16.3. The fraction of sp³-hybridized carbons (Fsp3) is 0.333. The van der Waals surface area contributed by atoms with Gasteiger partial charge in [-0.25, -0.2) is 4.68 Å². The van der Waals surface area contributed by atoms with Gasteiger partial charge in [0.2, 0.25) is 5.91 Å². The molecule has 1 aliphatic heterocycles. The van der Waals surface area contributed by atoms with Crippen LogP contribution in [0.5, 0.6) is 5.75 Å². The summed E-state index contributed by atoms with van der Waals surface area (Å²) in [5, 5.41) is 20.2. The lowest BCUT2D eigenvalue weighted by molar-refractivity contribution is -0.133. The lowest BCUT2D eigenvalue weighted by atomic mass is 9.99. The summed E-state index contributed by atoms with van der Waals surface area (Å²) in [6.45, 7) is 1.34. The summed E-state index contributed by atoms with van der Waals surface area (Å²) in [6, 6.07) is 5.30. The number of phenolic OH excluding ortho intramolecular Hbond substituents is 1. The Morgan fingerprint density at radius 1 is 1.37 bits per heavy atom. The van der Waals surface area contributed by atoms with Crippen LogP contribution >= 0.6 is 0 Å². The van der Waals surface area contributed by atoms with Crippen LogP contribution in [0.2, 0.25) is 0 Å². The molecule has 0 saturated heterocycles. The summed E-state index contributed by atoms with van der Waals surface area (Å²) < 4.78 is 1.40. The van der Waals surface area contributed by atoms with Crippen LogP contribution in [0.25, 0.3) is 0 Å². The molecule has 3 rings (SSSR count). The second-order valence-corrected chi connectivity index (χ2v) is 4.53. The topological polar surface area (TPSA) is 84.1 Å². The van der Waals surface area contributed by atoms with Gasteiger partial charge < -0.3 is 10.0 Å². The molecule has 7 nitrogen and oxygen atoms in total. The summed E-state index contributed by atoms with van der Waals surface area (Å²) in [5.74, 6) is 0.204. The largest absolute Gasteiger partial charge is 0.508 e. The molecule has 0 aliphatic carbocycles. The molecule has 19 heavy (non-hydrogen) atoms. The van der Waals surface area contributed by atoms with Crippen LogP contribution < -0.4 is 0 Å². The Labute approximate surface area is 109 Å². The SMILES string of the molecule is O=C(Cn1cnnn1)N1CCc2ccc(O)cc2C1. The molecule has 0 atom stereocenters. The number of phenols is 1. The van der Waals surface area contributed by atoms with E-state index in [1.54, 1.807) is 17.0 Å². The van der Waals surface area contributed by atoms with Crippen molar-refractivity contribution in [3.63, 3.8) is 0 Å². The van der Waals surface area contributed by atoms with E-state index in [1.807, 2.05) is 6.07 Å². The van der Waals surface area contributed by atoms with Crippen LogP contribution in [-0.4, -0.2) is 42.7 Å². The van der Waals surface area contributed by atoms with Gasteiger partial charge in [0, 0.05) is 13.1 Å². The maximum Gasteiger partial charge on any atom is 0.244 e. The van der Waals surface area contributed by atoms with Crippen LogP contribution in [0.4, 0.5) is 0 Å². The zero-order valence-corrected chi connectivity index (χ0v) is 10.2. The van der Waals surface area contributed by atoms with E-state index in [-0.39, 0.29) is 18.2 Å². The summed E-state index contributed by atoms with van der Waals surface area (Å²) in [5.41, 5.74) is 2.18. The third-order valence-electron chi connectivity index (χ3n) is 3.24. The van der Waals surface area contributed by atoms with Crippen molar-refractivity contribution < 1.29 is 9.90 Å². The van der Waals surface area contributed by atoms with Crippen LogP contribution in [0, 0.1) is 0 Å². The highest BCUT2D eigenvalue weighted by Gasteiger charge is 2.21. The fourth-order valence-electron chi connectivity index (χ4n) is 2.25. The molecular weight excluding hydrogens is 246 g/mol. The molecule has 98 valence electrons. The fourth-order valence-corrected chi connectivity index (χ4v) is 2.25. The van der Waals surface area contributed by atoms with E-state index in [4.69, 9.17) is 0 Å². The Morgan fingerprint density at radius 2 is 2.26 bits per heavy atom. The highest BCUT2D eigenvalue weighted by molar-refractivity contribution is 5.76. The first-order chi connectivity index (χ1) is 9.22. The molecule has 7 heteroatoms. The minimum absolute atomic E-state index is 0.0266. The van der Waals surface area contributed by atoms with E-state index in [2.05, 4.69) is 15.5 Å². The molecule has 2 aromatic rings. The number of aromatic hydroxyl groups is 1. The van der Waals surface area contributed by atoms with Crippen molar-refractivity contribution in [1.29, 1.82) is 0 Å². The molecule has 0 bridgehead atoms. The maximum absolute atomic E-state index is 12.1. The molecule has 1 aromatic carbocycles. The van der Waals surface area contributed by atoms with E-state index in [0.29, 0.717) is 13.1 Å². The minimum atomic E-state index is -0.0266. The van der Waals surface area contributed by atoms with Crippen molar-refractivity contribution in [2.24, 2.45) is 0 Å². The number of rotatable bonds is 2. The number of fused-ring (bicyclic) bond motifs is 1. The van der Waals surface area contributed by atoms with Crippen molar-refractivity contribution in [3.05, 3.63) is 35.7 Å². The standard InChI is InChI=1S/C12H13N5O2/c18-11-2-1-9-3-4-16(6-10(9)5-11)12(19)7-17-8-13-14-15-17/h1-2,5,8,18H,3-4,6-7H2. The summed E-state index contributed by atoms with van der Waals surface area (Å²) in [4.78, 5) is 13.9. The zero-order valence-electron chi connectivity index (χ0n) is 10.2. The lowest BCUT2D eigenvalue weighted by Crippen LogP contribution is -2.38.